The summed E-state index contributed by atoms with van der Waals surface area (Å²) < 4.78 is 1.67. The van der Waals surface area contributed by atoms with Gasteiger partial charge in [-0.05, 0) is 35.8 Å². The van der Waals surface area contributed by atoms with Crippen molar-refractivity contribution in [3.63, 3.8) is 0 Å². The molecule has 5 heteroatoms. The minimum Gasteiger partial charge on any atom is -0.354 e. The van der Waals surface area contributed by atoms with Gasteiger partial charge in [0.1, 0.15) is 6.54 Å². The third kappa shape index (κ3) is 3.61. The van der Waals surface area contributed by atoms with Crippen LogP contribution in [0.4, 0.5) is 0 Å². The third-order valence-corrected chi connectivity index (χ3v) is 5.89. The molecule has 2 fully saturated rings. The molecule has 1 saturated heterocycles. The van der Waals surface area contributed by atoms with Gasteiger partial charge in [0, 0.05) is 38.6 Å². The number of rotatable bonds is 6. The molecule has 1 saturated carbocycles. The number of benzene rings is 1. The number of hydrogen-bond donors (Lipinski definition) is 1. The Balaban J connectivity index is 1.33. The van der Waals surface area contributed by atoms with Crippen LogP contribution in [-0.2, 0) is 17.9 Å². The van der Waals surface area contributed by atoms with E-state index in [4.69, 9.17) is 0 Å². The normalized spacial score (nSPS) is 22.0. The molecule has 5 nitrogen and oxygen atoms in total. The van der Waals surface area contributed by atoms with E-state index in [1.54, 1.807) is 10.9 Å². The number of carbonyl (C=O) groups excluding carboxylic acids is 1. The molecular formula is C20H26N4O. The SMILES string of the molecule is O=C(Cn1cccn1)NCC1CN(Cc2ccccc2)CC12CCC2. The third-order valence-electron chi connectivity index (χ3n) is 5.89. The molecule has 2 aliphatic rings. The van der Waals surface area contributed by atoms with Crippen molar-refractivity contribution in [3.05, 3.63) is 54.4 Å². The molecule has 25 heavy (non-hydrogen) atoms. The average Bonchev–Trinajstić information content (AvgIpc) is 3.21. The molecule has 1 aliphatic heterocycles. The first-order valence-corrected chi connectivity index (χ1v) is 9.24. The number of aromatic nitrogens is 2. The zero-order chi connectivity index (χ0) is 17.1. The summed E-state index contributed by atoms with van der Waals surface area (Å²) in [7, 11) is 0. The van der Waals surface area contributed by atoms with Crippen LogP contribution < -0.4 is 5.32 Å². The lowest BCUT2D eigenvalue weighted by molar-refractivity contribution is -0.122. The number of nitrogens with one attached hydrogen (secondary N) is 1. The topological polar surface area (TPSA) is 50.2 Å². The molecule has 132 valence electrons. The quantitative estimate of drug-likeness (QED) is 0.879. The van der Waals surface area contributed by atoms with Crippen LogP contribution in [0.2, 0.25) is 0 Å². The highest BCUT2D eigenvalue weighted by molar-refractivity contribution is 5.75. The summed E-state index contributed by atoms with van der Waals surface area (Å²) in [4.78, 5) is 14.7. The summed E-state index contributed by atoms with van der Waals surface area (Å²) >= 11 is 0. The maximum atomic E-state index is 12.2. The fourth-order valence-corrected chi connectivity index (χ4v) is 4.42. The number of nitrogens with zero attached hydrogens (tertiary/aromatic N) is 3. The Bertz CT molecular complexity index is 694. The molecule has 0 bridgehead atoms. The van der Waals surface area contributed by atoms with Crippen LogP contribution in [0.1, 0.15) is 24.8 Å². The van der Waals surface area contributed by atoms with Crippen LogP contribution in [0.3, 0.4) is 0 Å². The zero-order valence-corrected chi connectivity index (χ0v) is 14.6. The van der Waals surface area contributed by atoms with E-state index in [2.05, 4.69) is 45.6 Å². The van der Waals surface area contributed by atoms with E-state index in [9.17, 15) is 4.79 Å². The molecule has 1 aromatic carbocycles. The van der Waals surface area contributed by atoms with E-state index in [0.717, 1.165) is 19.6 Å². The van der Waals surface area contributed by atoms with Gasteiger partial charge in [-0.2, -0.15) is 5.10 Å². The Morgan fingerprint density at radius 3 is 2.76 bits per heavy atom. The number of carbonyl (C=O) groups is 1. The molecule has 2 aromatic rings. The molecule has 1 spiro atoms. The van der Waals surface area contributed by atoms with Crippen molar-refractivity contribution in [2.45, 2.75) is 32.4 Å². The highest BCUT2D eigenvalue weighted by atomic mass is 16.2. The second-order valence-electron chi connectivity index (χ2n) is 7.58. The summed E-state index contributed by atoms with van der Waals surface area (Å²) in [6.45, 7) is 4.35. The van der Waals surface area contributed by atoms with E-state index in [1.807, 2.05) is 12.3 Å². The summed E-state index contributed by atoms with van der Waals surface area (Å²) in [5.41, 5.74) is 1.80. The maximum absolute atomic E-state index is 12.2. The molecular weight excluding hydrogens is 312 g/mol. The van der Waals surface area contributed by atoms with Gasteiger partial charge < -0.3 is 5.32 Å². The van der Waals surface area contributed by atoms with Gasteiger partial charge in [-0.15, -0.1) is 0 Å². The Hall–Kier alpha value is -2.14. The fraction of sp³-hybridized carbons (Fsp3) is 0.500. The van der Waals surface area contributed by atoms with Gasteiger partial charge in [0.25, 0.3) is 0 Å². The van der Waals surface area contributed by atoms with E-state index in [-0.39, 0.29) is 5.91 Å². The van der Waals surface area contributed by atoms with Crippen molar-refractivity contribution in [3.8, 4) is 0 Å². The van der Waals surface area contributed by atoms with Gasteiger partial charge in [0.15, 0.2) is 0 Å². The lowest BCUT2D eigenvalue weighted by atomic mass is 9.63. The molecule has 4 rings (SSSR count). The van der Waals surface area contributed by atoms with Gasteiger partial charge in [-0.25, -0.2) is 0 Å². The maximum Gasteiger partial charge on any atom is 0.241 e. The van der Waals surface area contributed by atoms with Crippen LogP contribution in [0.5, 0.6) is 0 Å². The lowest BCUT2D eigenvalue weighted by Gasteiger charge is -2.43. The van der Waals surface area contributed by atoms with Crippen molar-refractivity contribution in [1.82, 2.24) is 20.0 Å². The molecule has 1 atom stereocenters. The van der Waals surface area contributed by atoms with E-state index in [0.29, 0.717) is 17.9 Å². The molecule has 2 heterocycles. The molecule has 1 aliphatic carbocycles. The molecule has 1 N–H and O–H groups in total. The van der Waals surface area contributed by atoms with Crippen molar-refractivity contribution >= 4 is 5.91 Å². The van der Waals surface area contributed by atoms with E-state index in [1.165, 1.54) is 31.4 Å². The Morgan fingerprint density at radius 1 is 1.24 bits per heavy atom. The first-order chi connectivity index (χ1) is 12.2. The predicted molar refractivity (Wildman–Crippen MR) is 96.7 cm³/mol. The fourth-order valence-electron chi connectivity index (χ4n) is 4.42. The smallest absolute Gasteiger partial charge is 0.241 e. The first-order valence-electron chi connectivity index (χ1n) is 9.24. The first kappa shape index (κ1) is 16.3. The minimum absolute atomic E-state index is 0.0553. The molecule has 0 radical (unpaired) electrons. The summed E-state index contributed by atoms with van der Waals surface area (Å²) in [5.74, 6) is 0.617. The van der Waals surface area contributed by atoms with Crippen LogP contribution in [0.15, 0.2) is 48.8 Å². The predicted octanol–water partition coefficient (Wildman–Crippen LogP) is 2.30. The highest BCUT2D eigenvalue weighted by Crippen LogP contribution is 2.51. The average molecular weight is 338 g/mol. The lowest BCUT2D eigenvalue weighted by Crippen LogP contribution is -2.43. The Morgan fingerprint density at radius 2 is 2.08 bits per heavy atom. The number of amides is 1. The Kier molecular flexibility index (Phi) is 4.57. The van der Waals surface area contributed by atoms with Crippen molar-refractivity contribution in [2.24, 2.45) is 11.3 Å². The van der Waals surface area contributed by atoms with Gasteiger partial charge in [-0.1, -0.05) is 36.8 Å². The second-order valence-corrected chi connectivity index (χ2v) is 7.58. The zero-order valence-electron chi connectivity index (χ0n) is 14.6. The van der Waals surface area contributed by atoms with Gasteiger partial charge in [0.2, 0.25) is 5.91 Å². The van der Waals surface area contributed by atoms with Crippen molar-refractivity contribution < 1.29 is 4.79 Å². The summed E-state index contributed by atoms with van der Waals surface area (Å²) in [6.07, 6.45) is 7.46. The molecule has 1 unspecified atom stereocenters. The van der Waals surface area contributed by atoms with Crippen LogP contribution in [-0.4, -0.2) is 40.2 Å². The van der Waals surface area contributed by atoms with Gasteiger partial charge in [0.05, 0.1) is 0 Å². The summed E-state index contributed by atoms with van der Waals surface area (Å²) in [5, 5.41) is 7.24. The minimum atomic E-state index is 0.0553. The molecule has 1 amide bonds. The monoisotopic (exact) mass is 338 g/mol. The standard InChI is InChI=1S/C20H26N4O/c25-19(15-24-11-5-10-22-24)21-12-18-14-23(16-20(18)8-4-9-20)13-17-6-2-1-3-7-17/h1-3,5-7,10-11,18H,4,8-9,12-16H2,(H,21,25). The molecule has 1 aromatic heterocycles. The van der Waals surface area contributed by atoms with Crippen LogP contribution in [0, 0.1) is 11.3 Å². The van der Waals surface area contributed by atoms with Crippen molar-refractivity contribution in [2.75, 3.05) is 19.6 Å². The van der Waals surface area contributed by atoms with Crippen molar-refractivity contribution in [1.29, 1.82) is 0 Å². The second kappa shape index (κ2) is 7.00. The number of likely N-dealkylation sites (tertiary alicyclic amines) is 1. The van der Waals surface area contributed by atoms with E-state index < -0.39 is 0 Å². The highest BCUT2D eigenvalue weighted by Gasteiger charge is 2.49. The Labute approximate surface area is 149 Å². The van der Waals surface area contributed by atoms with Crippen LogP contribution >= 0.6 is 0 Å². The summed E-state index contributed by atoms with van der Waals surface area (Å²) in [6, 6.07) is 12.5. The van der Waals surface area contributed by atoms with Crippen LogP contribution in [0.25, 0.3) is 0 Å². The van der Waals surface area contributed by atoms with E-state index >= 15 is 0 Å². The largest absolute Gasteiger partial charge is 0.354 e. The van der Waals surface area contributed by atoms with Gasteiger partial charge in [-0.3, -0.25) is 14.4 Å². The van der Waals surface area contributed by atoms with Gasteiger partial charge >= 0.3 is 0 Å². The number of hydrogen-bond acceptors (Lipinski definition) is 3.